The van der Waals surface area contributed by atoms with E-state index < -0.39 is 15.1 Å². The number of sulfone groups is 1. The van der Waals surface area contributed by atoms with E-state index in [2.05, 4.69) is 10.3 Å². The van der Waals surface area contributed by atoms with E-state index in [4.69, 9.17) is 0 Å². The van der Waals surface area contributed by atoms with Crippen molar-refractivity contribution in [3.8, 4) is 0 Å². The monoisotopic (exact) mass is 386 g/mol. The third kappa shape index (κ3) is 3.84. The highest BCUT2D eigenvalue weighted by Crippen LogP contribution is 2.30. The van der Waals surface area contributed by atoms with E-state index in [-0.39, 0.29) is 16.7 Å². The van der Waals surface area contributed by atoms with Gasteiger partial charge < -0.3 is 5.32 Å². The fourth-order valence-electron chi connectivity index (χ4n) is 2.65. The van der Waals surface area contributed by atoms with E-state index in [9.17, 15) is 13.2 Å². The number of hydrogen-bond acceptors (Lipinski definition) is 5. The minimum absolute atomic E-state index is 0.0287. The molecule has 3 aromatic rings. The van der Waals surface area contributed by atoms with Gasteiger partial charge in [-0.1, -0.05) is 30.3 Å². The average Bonchev–Trinajstić information content (AvgIpc) is 3.18. The predicted molar refractivity (Wildman–Crippen MR) is 102 cm³/mol. The maximum atomic E-state index is 13.0. The number of benzene rings is 1. The Kier molecular flexibility index (Phi) is 5.49. The minimum atomic E-state index is -3.63. The molecule has 1 N–H and O–H groups in total. The Bertz CT molecular complexity index is 985. The third-order valence-electron chi connectivity index (χ3n) is 4.04. The first-order chi connectivity index (χ1) is 12.5. The number of carbonyl (C=O) groups is 1. The van der Waals surface area contributed by atoms with Gasteiger partial charge in [0.05, 0.1) is 0 Å². The molecule has 0 unspecified atom stereocenters. The molecule has 0 bridgehead atoms. The topological polar surface area (TPSA) is 76.1 Å². The van der Waals surface area contributed by atoms with Crippen LogP contribution in [0.25, 0.3) is 0 Å². The van der Waals surface area contributed by atoms with Crippen LogP contribution in [0.1, 0.15) is 26.7 Å². The summed E-state index contributed by atoms with van der Waals surface area (Å²) in [6.07, 6.45) is 3.11. The molecule has 0 radical (unpaired) electrons. The molecule has 1 aromatic carbocycles. The molecular formula is C19H18N2O3S2. The Balaban J connectivity index is 1.88. The molecule has 2 heterocycles. The van der Waals surface area contributed by atoms with Crippen LogP contribution in [-0.4, -0.2) is 25.9 Å². The van der Waals surface area contributed by atoms with E-state index in [1.54, 1.807) is 48.0 Å². The molecule has 26 heavy (non-hydrogen) atoms. The van der Waals surface area contributed by atoms with E-state index in [1.807, 2.05) is 19.1 Å². The molecule has 7 heteroatoms. The molecule has 1 amide bonds. The van der Waals surface area contributed by atoms with Crippen LogP contribution < -0.4 is 5.32 Å². The van der Waals surface area contributed by atoms with Gasteiger partial charge in [-0.2, -0.15) is 0 Å². The second-order valence-electron chi connectivity index (χ2n) is 5.78. The summed E-state index contributed by atoms with van der Waals surface area (Å²) in [6, 6.07) is 13.9. The van der Waals surface area contributed by atoms with Crippen molar-refractivity contribution in [3.05, 3.63) is 83.0 Å². The van der Waals surface area contributed by atoms with Gasteiger partial charge in [0.1, 0.15) is 9.46 Å². The number of carbonyl (C=O) groups excluding carboxylic acids is 1. The molecule has 0 aliphatic rings. The van der Waals surface area contributed by atoms with Crippen molar-refractivity contribution in [2.45, 2.75) is 16.4 Å². The zero-order valence-corrected chi connectivity index (χ0v) is 15.8. The number of rotatable bonds is 6. The van der Waals surface area contributed by atoms with Crippen molar-refractivity contribution >= 4 is 27.1 Å². The number of hydrogen-bond donors (Lipinski definition) is 1. The number of pyridine rings is 1. The van der Waals surface area contributed by atoms with Gasteiger partial charge in [0.2, 0.25) is 0 Å². The first kappa shape index (κ1) is 18.3. The van der Waals surface area contributed by atoms with Crippen LogP contribution >= 0.6 is 11.3 Å². The maximum Gasteiger partial charge on any atom is 0.251 e. The molecule has 134 valence electrons. The molecule has 0 aliphatic heterocycles. The van der Waals surface area contributed by atoms with Gasteiger partial charge in [0, 0.05) is 24.5 Å². The van der Waals surface area contributed by atoms with Gasteiger partial charge in [0.15, 0.2) is 9.84 Å². The highest BCUT2D eigenvalue weighted by Gasteiger charge is 2.30. The van der Waals surface area contributed by atoms with Crippen LogP contribution in [0.3, 0.4) is 0 Å². The zero-order valence-electron chi connectivity index (χ0n) is 14.1. The fourth-order valence-corrected chi connectivity index (χ4v) is 5.50. The van der Waals surface area contributed by atoms with Gasteiger partial charge in [-0.3, -0.25) is 9.78 Å². The SMILES string of the molecule is Cc1ccccc1C(=O)NC[C@@H](c1cccnc1)S(=O)(=O)c1cccs1. The summed E-state index contributed by atoms with van der Waals surface area (Å²) in [5.41, 5.74) is 1.92. The second-order valence-corrected chi connectivity index (χ2v) is 9.08. The standard InChI is InChI=1S/C19H18N2O3S2/c1-14-6-2-3-8-16(14)19(22)21-13-17(15-7-4-10-20-12-15)26(23,24)18-9-5-11-25-18/h2-12,17H,13H2,1H3,(H,21,22)/t17-/m0/s1. The Hall–Kier alpha value is -2.51. The lowest BCUT2D eigenvalue weighted by atomic mass is 10.1. The van der Waals surface area contributed by atoms with Crippen LogP contribution in [0.4, 0.5) is 0 Å². The smallest absolute Gasteiger partial charge is 0.251 e. The van der Waals surface area contributed by atoms with Gasteiger partial charge in [0.25, 0.3) is 5.91 Å². The Morgan fingerprint density at radius 1 is 1.15 bits per heavy atom. The zero-order chi connectivity index (χ0) is 18.6. The Morgan fingerprint density at radius 3 is 2.62 bits per heavy atom. The van der Waals surface area contributed by atoms with Crippen LogP contribution in [0.2, 0.25) is 0 Å². The van der Waals surface area contributed by atoms with E-state index in [0.717, 1.165) is 16.9 Å². The quantitative estimate of drug-likeness (QED) is 0.704. The summed E-state index contributed by atoms with van der Waals surface area (Å²) in [4.78, 5) is 16.5. The highest BCUT2D eigenvalue weighted by molar-refractivity contribution is 7.93. The lowest BCUT2D eigenvalue weighted by Gasteiger charge is -2.18. The summed E-state index contributed by atoms with van der Waals surface area (Å²) < 4.78 is 26.4. The fraction of sp³-hybridized carbons (Fsp3) is 0.158. The molecule has 0 saturated heterocycles. The molecule has 2 aromatic heterocycles. The first-order valence-corrected chi connectivity index (χ1v) is 10.4. The number of thiophene rings is 1. The molecule has 3 rings (SSSR count). The largest absolute Gasteiger partial charge is 0.350 e. The summed E-state index contributed by atoms with van der Waals surface area (Å²) in [6.45, 7) is 1.81. The number of aromatic nitrogens is 1. The minimum Gasteiger partial charge on any atom is -0.350 e. The van der Waals surface area contributed by atoms with Crippen molar-refractivity contribution in [2.24, 2.45) is 0 Å². The van der Waals surface area contributed by atoms with E-state index in [1.165, 1.54) is 6.20 Å². The number of aryl methyl sites for hydroxylation is 1. The summed E-state index contributed by atoms with van der Waals surface area (Å²) >= 11 is 1.16. The van der Waals surface area contributed by atoms with E-state index >= 15 is 0 Å². The van der Waals surface area contributed by atoms with Gasteiger partial charge in [-0.05, 0) is 41.6 Å². The lowest BCUT2D eigenvalue weighted by Crippen LogP contribution is -2.32. The lowest BCUT2D eigenvalue weighted by molar-refractivity contribution is 0.0953. The predicted octanol–water partition coefficient (Wildman–Crippen LogP) is 3.40. The summed E-state index contributed by atoms with van der Waals surface area (Å²) in [7, 11) is -3.63. The van der Waals surface area contributed by atoms with Crippen LogP contribution in [0.5, 0.6) is 0 Å². The molecule has 0 fully saturated rings. The normalized spacial score (nSPS) is 12.5. The Labute approximate surface area is 156 Å². The van der Waals surface area contributed by atoms with Gasteiger partial charge in [-0.15, -0.1) is 11.3 Å². The van der Waals surface area contributed by atoms with Gasteiger partial charge >= 0.3 is 0 Å². The third-order valence-corrected chi connectivity index (χ3v) is 7.58. The second kappa shape index (κ2) is 7.80. The molecule has 0 aliphatic carbocycles. The van der Waals surface area contributed by atoms with Crippen molar-refractivity contribution in [1.82, 2.24) is 10.3 Å². The average molecular weight is 386 g/mol. The number of nitrogens with zero attached hydrogens (tertiary/aromatic N) is 1. The van der Waals surface area contributed by atoms with Crippen LogP contribution in [0.15, 0.2) is 70.5 Å². The van der Waals surface area contributed by atoms with Crippen molar-refractivity contribution < 1.29 is 13.2 Å². The molecule has 0 saturated carbocycles. The molecule has 5 nitrogen and oxygen atoms in total. The Morgan fingerprint density at radius 2 is 1.96 bits per heavy atom. The first-order valence-electron chi connectivity index (χ1n) is 8.01. The van der Waals surface area contributed by atoms with Gasteiger partial charge in [-0.25, -0.2) is 8.42 Å². The highest BCUT2D eigenvalue weighted by atomic mass is 32.2. The number of nitrogens with one attached hydrogen (secondary N) is 1. The summed E-state index contributed by atoms with van der Waals surface area (Å²) in [5, 5.41) is 3.59. The molecule has 0 spiro atoms. The van der Waals surface area contributed by atoms with Crippen LogP contribution in [-0.2, 0) is 9.84 Å². The molecular weight excluding hydrogens is 368 g/mol. The number of amides is 1. The molecule has 1 atom stereocenters. The van der Waals surface area contributed by atoms with E-state index in [0.29, 0.717) is 11.1 Å². The maximum absolute atomic E-state index is 13.0. The van der Waals surface area contributed by atoms with Crippen molar-refractivity contribution in [3.63, 3.8) is 0 Å². The van der Waals surface area contributed by atoms with Crippen molar-refractivity contribution in [1.29, 1.82) is 0 Å². The van der Waals surface area contributed by atoms with Crippen molar-refractivity contribution in [2.75, 3.05) is 6.54 Å². The van der Waals surface area contributed by atoms with Crippen LogP contribution in [0, 0.1) is 6.92 Å². The summed E-state index contributed by atoms with van der Waals surface area (Å²) in [5.74, 6) is -0.293.